The Balaban J connectivity index is 2.58. The molecule has 0 radical (unpaired) electrons. The van der Waals surface area contributed by atoms with Crippen LogP contribution in [0.5, 0.6) is 0 Å². The average Bonchev–Trinajstić information content (AvgIpc) is 3.61. The number of aliphatic hydroxyl groups is 5. The molecule has 1 aliphatic rings. The minimum Gasteiger partial charge on any atom is -0.454 e. The molecule has 8 unspecified atom stereocenters. The van der Waals surface area contributed by atoms with Crippen molar-refractivity contribution in [1.82, 2.24) is 5.32 Å². The van der Waals surface area contributed by atoms with Crippen LogP contribution in [0.1, 0.15) is 310 Å². The Hall–Kier alpha value is -2.90. The molecule has 11 heteroatoms. The minimum atomic E-state index is -1.62. The highest BCUT2D eigenvalue weighted by Gasteiger charge is 2.47. The SMILES string of the molecule is CC/C=C\C/C=C\C/C=C\C/C=C\C/C=C\CCCCCCC(O)C(=O)NC(COC1OC(CO)C(O)C(O)C1OC(=O)CCCCCCCCCCCCCCCCCCCCCCCCC)C(O)/C=C/CCCCCCCCCCC. The van der Waals surface area contributed by atoms with Gasteiger partial charge in [0.15, 0.2) is 12.4 Å². The predicted octanol–water partition coefficient (Wildman–Crippen LogP) is 17.5. The molecule has 1 heterocycles. The van der Waals surface area contributed by atoms with Crippen molar-refractivity contribution >= 4 is 11.9 Å². The molecule has 1 fully saturated rings. The Labute approximate surface area is 509 Å². The fraction of sp³-hybridized carbons (Fsp3) is 0.806. The van der Waals surface area contributed by atoms with Crippen LogP contribution in [0.2, 0.25) is 0 Å². The topological polar surface area (TPSA) is 175 Å². The van der Waals surface area contributed by atoms with E-state index >= 15 is 0 Å². The molecule has 1 rings (SSSR count). The quantitative estimate of drug-likeness (QED) is 0.0195. The number of unbranched alkanes of at least 4 members (excludes halogenated alkanes) is 35. The third-order valence-electron chi connectivity index (χ3n) is 16.1. The van der Waals surface area contributed by atoms with Crippen LogP contribution in [0.4, 0.5) is 0 Å². The van der Waals surface area contributed by atoms with E-state index in [1.807, 2.05) is 6.08 Å². The summed E-state index contributed by atoms with van der Waals surface area (Å²) < 4.78 is 17.7. The van der Waals surface area contributed by atoms with Gasteiger partial charge in [-0.25, -0.2) is 0 Å². The lowest BCUT2D eigenvalue weighted by molar-refractivity contribution is -0.305. The molecule has 1 aliphatic heterocycles. The standard InChI is InChI=1S/C72H129NO10/c1-4-7-10-13-16-19-22-24-26-28-30-32-33-34-36-38-40-42-45-48-51-54-57-60-67(77)83-70-69(79)68(78)66(61-74)82-72(70)81-62-63(64(75)58-55-52-49-46-43-21-18-15-12-9-6-3)73-71(80)65(76)59-56-53-50-47-44-41-39-37-35-31-29-27-25-23-20-17-14-11-8-5-2/h8,11,17,20,25,27,31,35,39,41,55,58,63-66,68-70,72,74-76,78-79H,4-7,9-10,12-16,18-19,21-24,26,28-30,32-34,36-38,40,42-54,56-57,59-62H2,1-3H3,(H,73,80)/b11-8-,20-17-,27-25-,35-31-,41-39-,58-55+. The second-order valence-corrected chi connectivity index (χ2v) is 23.9. The normalized spacial score (nSPS) is 19.0. The summed E-state index contributed by atoms with van der Waals surface area (Å²) >= 11 is 0. The zero-order chi connectivity index (χ0) is 60.3. The molecule has 482 valence electrons. The number of aliphatic hydroxyl groups excluding tert-OH is 5. The molecular weight excluding hydrogens is 1040 g/mol. The molecule has 1 saturated heterocycles. The van der Waals surface area contributed by atoms with Crippen LogP contribution in [0.15, 0.2) is 72.9 Å². The van der Waals surface area contributed by atoms with Gasteiger partial charge in [0, 0.05) is 6.42 Å². The summed E-state index contributed by atoms with van der Waals surface area (Å²) in [6, 6.07) is -1.04. The van der Waals surface area contributed by atoms with Crippen molar-refractivity contribution in [3.63, 3.8) is 0 Å². The summed E-state index contributed by atoms with van der Waals surface area (Å²) in [6.07, 6.45) is 66.6. The molecule has 0 saturated carbocycles. The van der Waals surface area contributed by atoms with Crippen molar-refractivity contribution in [3.8, 4) is 0 Å². The van der Waals surface area contributed by atoms with Gasteiger partial charge >= 0.3 is 5.97 Å². The summed E-state index contributed by atoms with van der Waals surface area (Å²) in [4.78, 5) is 26.6. The van der Waals surface area contributed by atoms with E-state index in [1.165, 1.54) is 167 Å². The summed E-state index contributed by atoms with van der Waals surface area (Å²) in [7, 11) is 0. The molecule has 0 spiro atoms. The number of nitrogens with one attached hydrogen (secondary N) is 1. The number of esters is 1. The van der Waals surface area contributed by atoms with Crippen molar-refractivity contribution in [2.75, 3.05) is 13.2 Å². The van der Waals surface area contributed by atoms with Gasteiger partial charge in [-0.15, -0.1) is 0 Å². The largest absolute Gasteiger partial charge is 0.454 e. The van der Waals surface area contributed by atoms with E-state index in [0.717, 1.165) is 96.3 Å². The Morgan fingerprint density at radius 1 is 0.482 bits per heavy atom. The lowest BCUT2D eigenvalue weighted by Crippen LogP contribution is -2.61. The van der Waals surface area contributed by atoms with Crippen LogP contribution >= 0.6 is 0 Å². The van der Waals surface area contributed by atoms with Gasteiger partial charge in [-0.2, -0.15) is 0 Å². The molecule has 11 nitrogen and oxygen atoms in total. The van der Waals surface area contributed by atoms with Gasteiger partial charge in [0.25, 0.3) is 0 Å². The average molecular weight is 1170 g/mol. The molecule has 0 aliphatic carbocycles. The molecule has 0 bridgehead atoms. The van der Waals surface area contributed by atoms with E-state index in [1.54, 1.807) is 6.08 Å². The first-order chi connectivity index (χ1) is 40.7. The second kappa shape index (κ2) is 59.4. The van der Waals surface area contributed by atoms with Gasteiger partial charge in [0.05, 0.1) is 25.4 Å². The first-order valence-electron chi connectivity index (χ1n) is 34.7. The Morgan fingerprint density at radius 2 is 0.867 bits per heavy atom. The van der Waals surface area contributed by atoms with Crippen LogP contribution in [0.25, 0.3) is 0 Å². The zero-order valence-electron chi connectivity index (χ0n) is 53.6. The van der Waals surface area contributed by atoms with Crippen molar-refractivity contribution in [3.05, 3.63) is 72.9 Å². The van der Waals surface area contributed by atoms with Crippen molar-refractivity contribution in [2.24, 2.45) is 0 Å². The van der Waals surface area contributed by atoms with Crippen molar-refractivity contribution in [2.45, 2.75) is 359 Å². The van der Waals surface area contributed by atoms with E-state index < -0.39 is 67.4 Å². The monoisotopic (exact) mass is 1170 g/mol. The molecule has 6 N–H and O–H groups in total. The number of hydrogen-bond donors (Lipinski definition) is 6. The van der Waals surface area contributed by atoms with Crippen LogP contribution in [0, 0.1) is 0 Å². The van der Waals surface area contributed by atoms with Crippen LogP contribution in [-0.2, 0) is 23.8 Å². The predicted molar refractivity (Wildman–Crippen MR) is 347 cm³/mol. The van der Waals surface area contributed by atoms with E-state index in [0.29, 0.717) is 12.8 Å². The van der Waals surface area contributed by atoms with Gasteiger partial charge in [-0.1, -0.05) is 306 Å². The van der Waals surface area contributed by atoms with Gasteiger partial charge in [0.1, 0.15) is 24.4 Å². The molecule has 1 amide bonds. The summed E-state index contributed by atoms with van der Waals surface area (Å²) in [5.74, 6) is -1.21. The van der Waals surface area contributed by atoms with E-state index in [-0.39, 0.29) is 19.4 Å². The van der Waals surface area contributed by atoms with E-state index in [9.17, 15) is 35.1 Å². The van der Waals surface area contributed by atoms with Gasteiger partial charge in [-0.3, -0.25) is 9.59 Å². The van der Waals surface area contributed by atoms with Crippen molar-refractivity contribution < 1.29 is 49.3 Å². The Morgan fingerprint density at radius 3 is 1.30 bits per heavy atom. The summed E-state index contributed by atoms with van der Waals surface area (Å²) in [5, 5.41) is 57.1. The number of amides is 1. The maximum atomic E-state index is 13.4. The van der Waals surface area contributed by atoms with Crippen molar-refractivity contribution in [1.29, 1.82) is 0 Å². The number of allylic oxidation sites excluding steroid dienone is 11. The maximum Gasteiger partial charge on any atom is 0.306 e. The van der Waals surface area contributed by atoms with E-state index in [4.69, 9.17) is 14.2 Å². The Kier molecular flexibility index (Phi) is 55.9. The maximum absolute atomic E-state index is 13.4. The molecule has 0 aromatic rings. The smallest absolute Gasteiger partial charge is 0.306 e. The molecular formula is C72H129NO10. The van der Waals surface area contributed by atoms with Crippen LogP contribution in [-0.4, -0.2) is 99.6 Å². The second-order valence-electron chi connectivity index (χ2n) is 23.9. The Bertz CT molecular complexity index is 1630. The highest BCUT2D eigenvalue weighted by molar-refractivity contribution is 5.80. The third kappa shape index (κ3) is 46.9. The number of rotatable bonds is 59. The molecule has 0 aromatic heterocycles. The summed E-state index contributed by atoms with van der Waals surface area (Å²) in [6.45, 7) is 5.69. The number of hydrogen-bond acceptors (Lipinski definition) is 10. The summed E-state index contributed by atoms with van der Waals surface area (Å²) in [5.41, 5.74) is 0. The third-order valence-corrected chi connectivity index (χ3v) is 16.1. The number of carbonyl (C=O) groups excluding carboxylic acids is 2. The van der Waals surface area contributed by atoms with E-state index in [2.05, 4.69) is 86.8 Å². The lowest BCUT2D eigenvalue weighted by Gasteiger charge is -2.41. The highest BCUT2D eigenvalue weighted by atomic mass is 16.7. The molecule has 83 heavy (non-hydrogen) atoms. The zero-order valence-corrected chi connectivity index (χ0v) is 53.6. The van der Waals surface area contributed by atoms with Crippen LogP contribution < -0.4 is 5.32 Å². The lowest BCUT2D eigenvalue weighted by atomic mass is 9.99. The number of carbonyl (C=O) groups is 2. The van der Waals surface area contributed by atoms with Gasteiger partial charge in [-0.05, 0) is 70.6 Å². The number of ether oxygens (including phenoxy) is 3. The van der Waals surface area contributed by atoms with Crippen LogP contribution in [0.3, 0.4) is 0 Å². The molecule has 8 atom stereocenters. The fourth-order valence-corrected chi connectivity index (χ4v) is 10.7. The minimum absolute atomic E-state index is 0.123. The highest BCUT2D eigenvalue weighted by Crippen LogP contribution is 2.26. The first-order valence-corrected chi connectivity index (χ1v) is 34.7. The van der Waals surface area contributed by atoms with Gasteiger partial charge in [0.2, 0.25) is 5.91 Å². The molecule has 0 aromatic carbocycles. The van der Waals surface area contributed by atoms with Gasteiger partial charge < -0.3 is 45.1 Å². The fourth-order valence-electron chi connectivity index (χ4n) is 10.7. The first kappa shape index (κ1) is 78.1.